The molecule has 0 N–H and O–H groups in total. The van der Waals surface area contributed by atoms with Crippen molar-refractivity contribution in [1.29, 1.82) is 0 Å². The second kappa shape index (κ2) is 2.43. The van der Waals surface area contributed by atoms with E-state index < -0.39 is 11.8 Å². The molecule has 1 fully saturated rings. The molecule has 0 heterocycles. The van der Waals surface area contributed by atoms with Crippen LogP contribution in [0.25, 0.3) is 0 Å². The Morgan fingerprint density at radius 2 is 2.08 bits per heavy atom. The zero-order valence-corrected chi connectivity index (χ0v) is 6.98. The van der Waals surface area contributed by atoms with E-state index >= 15 is 0 Å². The summed E-state index contributed by atoms with van der Waals surface area (Å²) in [6, 6.07) is 6.68. The predicted octanol–water partition coefficient (Wildman–Crippen LogP) is 3.46. The highest BCUT2D eigenvalue weighted by atomic mass is 35.5. The first-order chi connectivity index (χ1) is 5.59. The van der Waals surface area contributed by atoms with E-state index in [-0.39, 0.29) is 6.42 Å². The minimum atomic E-state index is -2.50. The van der Waals surface area contributed by atoms with Gasteiger partial charge in [-0.3, -0.25) is 0 Å². The van der Waals surface area contributed by atoms with Crippen LogP contribution in [0.15, 0.2) is 24.3 Å². The van der Waals surface area contributed by atoms with E-state index in [1.165, 1.54) is 0 Å². The molecule has 1 saturated carbocycles. The van der Waals surface area contributed by atoms with Gasteiger partial charge < -0.3 is 0 Å². The second-order valence-electron chi connectivity index (χ2n) is 3.07. The van der Waals surface area contributed by atoms with Gasteiger partial charge in [0.05, 0.1) is 5.92 Å². The largest absolute Gasteiger partial charge is 0.255 e. The molecule has 1 unspecified atom stereocenters. The first kappa shape index (κ1) is 7.99. The molecule has 0 amide bonds. The predicted molar refractivity (Wildman–Crippen MR) is 43.8 cm³/mol. The van der Waals surface area contributed by atoms with Gasteiger partial charge in [0.1, 0.15) is 0 Å². The monoisotopic (exact) mass is 188 g/mol. The topological polar surface area (TPSA) is 0 Å². The highest BCUT2D eigenvalue weighted by Crippen LogP contribution is 2.55. The smallest absolute Gasteiger partial charge is 0.206 e. The lowest BCUT2D eigenvalue weighted by molar-refractivity contribution is 0.112. The van der Waals surface area contributed by atoms with E-state index in [1.54, 1.807) is 24.3 Å². The van der Waals surface area contributed by atoms with E-state index in [2.05, 4.69) is 0 Å². The van der Waals surface area contributed by atoms with Gasteiger partial charge in [-0.15, -0.1) is 0 Å². The fourth-order valence-corrected chi connectivity index (χ4v) is 1.50. The van der Waals surface area contributed by atoms with Crippen LogP contribution in [-0.2, 0) is 0 Å². The normalized spacial score (nSPS) is 25.4. The molecule has 0 bridgehead atoms. The van der Waals surface area contributed by atoms with E-state index in [0.717, 1.165) is 0 Å². The van der Waals surface area contributed by atoms with Crippen LogP contribution >= 0.6 is 11.6 Å². The van der Waals surface area contributed by atoms with Gasteiger partial charge in [-0.25, -0.2) is 8.78 Å². The van der Waals surface area contributed by atoms with Crippen molar-refractivity contribution in [2.24, 2.45) is 0 Å². The molecule has 1 atom stereocenters. The van der Waals surface area contributed by atoms with E-state index in [1.807, 2.05) is 0 Å². The van der Waals surface area contributed by atoms with Crippen molar-refractivity contribution in [2.75, 3.05) is 0 Å². The first-order valence-electron chi connectivity index (χ1n) is 3.73. The molecule has 0 radical (unpaired) electrons. The number of benzene rings is 1. The van der Waals surface area contributed by atoms with E-state index in [9.17, 15) is 8.78 Å². The molecular formula is C9H7ClF2. The standard InChI is InChI=1S/C9H7ClF2/c10-7-3-1-2-6(4-7)8-5-9(8,11)12/h1-4,8H,5H2. The van der Waals surface area contributed by atoms with Crippen LogP contribution < -0.4 is 0 Å². The minimum Gasteiger partial charge on any atom is -0.206 e. The Bertz CT molecular complexity index is 309. The summed E-state index contributed by atoms with van der Waals surface area (Å²) in [4.78, 5) is 0. The third-order valence-electron chi connectivity index (χ3n) is 2.08. The van der Waals surface area contributed by atoms with Crippen molar-refractivity contribution in [3.63, 3.8) is 0 Å². The molecule has 2 rings (SSSR count). The molecule has 1 aliphatic carbocycles. The van der Waals surface area contributed by atoms with E-state index in [0.29, 0.717) is 10.6 Å². The summed E-state index contributed by atoms with van der Waals surface area (Å²) in [5.74, 6) is -3.10. The molecular weight excluding hydrogens is 182 g/mol. The van der Waals surface area contributed by atoms with Crippen molar-refractivity contribution in [3.05, 3.63) is 34.9 Å². The maximum Gasteiger partial charge on any atom is 0.255 e. The Labute approximate surface area is 74.2 Å². The van der Waals surface area contributed by atoms with Gasteiger partial charge in [-0.2, -0.15) is 0 Å². The summed E-state index contributed by atoms with van der Waals surface area (Å²) in [5, 5.41) is 0.523. The average molecular weight is 189 g/mol. The Morgan fingerprint density at radius 1 is 1.42 bits per heavy atom. The van der Waals surface area contributed by atoms with Crippen LogP contribution in [0.5, 0.6) is 0 Å². The summed E-state index contributed by atoms with van der Waals surface area (Å²) in [7, 11) is 0. The zero-order valence-electron chi connectivity index (χ0n) is 6.23. The minimum absolute atomic E-state index is 0.0344. The Kier molecular flexibility index (Phi) is 1.62. The number of hydrogen-bond acceptors (Lipinski definition) is 0. The second-order valence-corrected chi connectivity index (χ2v) is 3.51. The van der Waals surface area contributed by atoms with Crippen LogP contribution in [0.3, 0.4) is 0 Å². The van der Waals surface area contributed by atoms with Crippen LogP contribution in [0.2, 0.25) is 5.02 Å². The summed E-state index contributed by atoms with van der Waals surface area (Å²) >= 11 is 5.66. The van der Waals surface area contributed by atoms with Crippen LogP contribution in [0.4, 0.5) is 8.78 Å². The average Bonchev–Trinajstić information content (AvgIpc) is 2.60. The third kappa shape index (κ3) is 1.31. The number of rotatable bonds is 1. The van der Waals surface area contributed by atoms with Gasteiger partial charge in [0.15, 0.2) is 0 Å². The van der Waals surface area contributed by atoms with Crippen LogP contribution in [-0.4, -0.2) is 5.92 Å². The fraction of sp³-hybridized carbons (Fsp3) is 0.333. The SMILES string of the molecule is FC1(F)CC1c1cccc(Cl)c1. The lowest BCUT2D eigenvalue weighted by Gasteiger charge is -1.98. The van der Waals surface area contributed by atoms with E-state index in [4.69, 9.17) is 11.6 Å². The van der Waals surface area contributed by atoms with Gasteiger partial charge in [-0.05, 0) is 17.7 Å². The van der Waals surface area contributed by atoms with Gasteiger partial charge in [0.25, 0.3) is 5.92 Å². The molecule has 0 aliphatic heterocycles. The molecule has 0 saturated heterocycles. The van der Waals surface area contributed by atoms with Crippen molar-refractivity contribution in [3.8, 4) is 0 Å². The van der Waals surface area contributed by atoms with Crippen LogP contribution in [0.1, 0.15) is 17.9 Å². The van der Waals surface area contributed by atoms with Crippen molar-refractivity contribution < 1.29 is 8.78 Å². The molecule has 1 aromatic rings. The Morgan fingerprint density at radius 3 is 2.58 bits per heavy atom. The third-order valence-corrected chi connectivity index (χ3v) is 2.31. The highest BCUT2D eigenvalue weighted by Gasteiger charge is 2.57. The Balaban J connectivity index is 2.26. The lowest BCUT2D eigenvalue weighted by atomic mass is 10.1. The van der Waals surface area contributed by atoms with Gasteiger partial charge in [0, 0.05) is 11.4 Å². The van der Waals surface area contributed by atoms with Crippen LogP contribution in [0, 0.1) is 0 Å². The summed E-state index contributed by atoms with van der Waals surface area (Å²) in [6.45, 7) is 0. The van der Waals surface area contributed by atoms with Crippen molar-refractivity contribution >= 4 is 11.6 Å². The summed E-state index contributed by atoms with van der Waals surface area (Å²) in [6.07, 6.45) is -0.0344. The first-order valence-corrected chi connectivity index (χ1v) is 4.11. The maximum absolute atomic E-state index is 12.6. The molecule has 12 heavy (non-hydrogen) atoms. The number of halogens is 3. The van der Waals surface area contributed by atoms with Gasteiger partial charge in [-0.1, -0.05) is 23.7 Å². The zero-order chi connectivity index (χ0) is 8.77. The molecule has 1 aromatic carbocycles. The molecule has 0 aromatic heterocycles. The quantitative estimate of drug-likeness (QED) is 0.633. The lowest BCUT2D eigenvalue weighted by Crippen LogP contribution is -1.92. The summed E-state index contributed by atoms with van der Waals surface area (Å²) in [5.41, 5.74) is 0.646. The number of alkyl halides is 2. The molecule has 3 heteroatoms. The van der Waals surface area contributed by atoms with Crippen molar-refractivity contribution in [2.45, 2.75) is 18.3 Å². The highest BCUT2D eigenvalue weighted by molar-refractivity contribution is 6.30. The molecule has 0 spiro atoms. The summed E-state index contributed by atoms with van der Waals surface area (Å²) < 4.78 is 25.1. The Hall–Kier alpha value is -0.630. The fourth-order valence-electron chi connectivity index (χ4n) is 1.30. The van der Waals surface area contributed by atoms with Gasteiger partial charge in [0.2, 0.25) is 0 Å². The maximum atomic E-state index is 12.6. The number of hydrogen-bond donors (Lipinski definition) is 0. The van der Waals surface area contributed by atoms with Gasteiger partial charge >= 0.3 is 0 Å². The van der Waals surface area contributed by atoms with Crippen molar-refractivity contribution in [1.82, 2.24) is 0 Å². The molecule has 1 aliphatic rings. The molecule has 0 nitrogen and oxygen atoms in total. The molecule has 64 valence electrons.